The van der Waals surface area contributed by atoms with Gasteiger partial charge < -0.3 is 10.6 Å². The number of hydrogen-bond donors (Lipinski definition) is 2. The second-order valence-electron chi connectivity index (χ2n) is 6.13. The molecule has 2 aromatic rings. The summed E-state index contributed by atoms with van der Waals surface area (Å²) in [6, 6.07) is 3.31. The van der Waals surface area contributed by atoms with E-state index in [1.54, 1.807) is 0 Å². The Balaban J connectivity index is 1.95. The van der Waals surface area contributed by atoms with Crippen molar-refractivity contribution in [3.63, 3.8) is 0 Å². The quantitative estimate of drug-likeness (QED) is 0.442. The topological polar surface area (TPSA) is 93.0 Å². The molecule has 1 fully saturated rings. The Morgan fingerprint density at radius 1 is 1.15 bits per heavy atom. The smallest absolute Gasteiger partial charge is 0.351 e. The molecule has 0 spiro atoms. The molecule has 27 heavy (non-hydrogen) atoms. The first kappa shape index (κ1) is 18.8. The molecule has 0 radical (unpaired) electrons. The third-order valence-corrected chi connectivity index (χ3v) is 4.12. The van der Waals surface area contributed by atoms with Gasteiger partial charge in [-0.3, -0.25) is 10.1 Å². The Morgan fingerprint density at radius 2 is 1.85 bits per heavy atom. The number of nitrogens with zero attached hydrogens (tertiary/aromatic N) is 3. The van der Waals surface area contributed by atoms with Crippen LogP contribution in [0.25, 0.3) is 0 Å². The van der Waals surface area contributed by atoms with E-state index in [4.69, 9.17) is 0 Å². The molecule has 0 bridgehead atoms. The molecule has 0 atom stereocenters. The predicted molar refractivity (Wildman–Crippen MR) is 89.2 cm³/mol. The van der Waals surface area contributed by atoms with Crippen molar-refractivity contribution >= 4 is 23.1 Å². The van der Waals surface area contributed by atoms with Gasteiger partial charge in [0.15, 0.2) is 5.69 Å². The summed E-state index contributed by atoms with van der Waals surface area (Å²) in [4.78, 5) is 17.7. The molecule has 3 rings (SSSR count). The van der Waals surface area contributed by atoms with Gasteiger partial charge in [-0.2, -0.15) is 18.2 Å². The number of aromatic nitrogens is 2. The van der Waals surface area contributed by atoms with Crippen molar-refractivity contribution < 1.29 is 22.5 Å². The van der Waals surface area contributed by atoms with Crippen LogP contribution in [0.4, 0.5) is 40.7 Å². The number of nitro benzene ring substituents is 1. The first-order valence-corrected chi connectivity index (χ1v) is 8.16. The highest BCUT2D eigenvalue weighted by molar-refractivity contribution is 5.68. The number of rotatable bonds is 5. The van der Waals surface area contributed by atoms with Gasteiger partial charge in [0.1, 0.15) is 17.3 Å². The normalized spacial score (nSPS) is 15.0. The maximum absolute atomic E-state index is 13.2. The van der Waals surface area contributed by atoms with E-state index in [-0.39, 0.29) is 23.5 Å². The Kier molecular flexibility index (Phi) is 5.10. The van der Waals surface area contributed by atoms with Gasteiger partial charge in [-0.15, -0.1) is 0 Å². The third-order valence-electron chi connectivity index (χ3n) is 4.12. The van der Waals surface area contributed by atoms with Gasteiger partial charge in [-0.1, -0.05) is 12.8 Å². The molecule has 0 saturated heterocycles. The summed E-state index contributed by atoms with van der Waals surface area (Å²) in [6.45, 7) is 0. The zero-order valence-electron chi connectivity index (χ0n) is 13.9. The Morgan fingerprint density at radius 3 is 2.48 bits per heavy atom. The van der Waals surface area contributed by atoms with Crippen LogP contribution >= 0.6 is 0 Å². The van der Waals surface area contributed by atoms with Gasteiger partial charge >= 0.3 is 6.18 Å². The van der Waals surface area contributed by atoms with Crippen LogP contribution in [-0.4, -0.2) is 20.9 Å². The molecular formula is C16H15F4N5O2. The monoisotopic (exact) mass is 385 g/mol. The van der Waals surface area contributed by atoms with Gasteiger partial charge in [0.2, 0.25) is 5.95 Å². The van der Waals surface area contributed by atoms with E-state index in [1.807, 2.05) is 0 Å². The Bertz CT molecular complexity index is 853. The van der Waals surface area contributed by atoms with Crippen molar-refractivity contribution in [2.75, 3.05) is 10.6 Å². The predicted octanol–water partition coefficient (Wildman–Crippen LogP) is 4.64. The van der Waals surface area contributed by atoms with Crippen LogP contribution in [-0.2, 0) is 6.18 Å². The first-order valence-electron chi connectivity index (χ1n) is 8.16. The Hall–Kier alpha value is -2.98. The lowest BCUT2D eigenvalue weighted by Crippen LogP contribution is -2.19. The molecule has 0 unspecified atom stereocenters. The zero-order chi connectivity index (χ0) is 19.6. The zero-order valence-corrected chi connectivity index (χ0v) is 13.9. The van der Waals surface area contributed by atoms with Crippen LogP contribution in [0.15, 0.2) is 24.3 Å². The number of anilines is 3. The molecule has 1 heterocycles. The standard InChI is InChI=1S/C16H15F4N5O2/c17-9-5-6-11(12(7-9)25(26)27)22-14-8-13(16(18,19)20)23-15(24-14)21-10-3-1-2-4-10/h5-8,10H,1-4H2,(H2,21,22,23,24). The number of benzene rings is 1. The second kappa shape index (κ2) is 7.33. The molecule has 1 aliphatic carbocycles. The van der Waals surface area contributed by atoms with Crippen LogP contribution in [0.1, 0.15) is 31.4 Å². The lowest BCUT2D eigenvalue weighted by atomic mass is 10.2. The fraction of sp³-hybridized carbons (Fsp3) is 0.375. The van der Waals surface area contributed by atoms with E-state index in [0.29, 0.717) is 12.1 Å². The van der Waals surface area contributed by atoms with E-state index in [0.717, 1.165) is 37.8 Å². The molecule has 1 aromatic heterocycles. The van der Waals surface area contributed by atoms with Crippen molar-refractivity contribution in [1.29, 1.82) is 0 Å². The average molecular weight is 385 g/mol. The number of nitro groups is 1. The molecule has 0 amide bonds. The average Bonchev–Trinajstić information content (AvgIpc) is 3.08. The van der Waals surface area contributed by atoms with Gasteiger partial charge in [0.25, 0.3) is 5.69 Å². The fourth-order valence-electron chi connectivity index (χ4n) is 2.87. The number of nitrogens with one attached hydrogen (secondary N) is 2. The van der Waals surface area contributed by atoms with Crippen LogP contribution in [0.3, 0.4) is 0 Å². The van der Waals surface area contributed by atoms with Crippen LogP contribution in [0, 0.1) is 15.9 Å². The lowest BCUT2D eigenvalue weighted by Gasteiger charge is -2.15. The molecule has 2 N–H and O–H groups in total. The van der Waals surface area contributed by atoms with Crippen molar-refractivity contribution in [3.05, 3.63) is 45.9 Å². The molecule has 0 aliphatic heterocycles. The van der Waals surface area contributed by atoms with Crippen molar-refractivity contribution in [3.8, 4) is 0 Å². The van der Waals surface area contributed by atoms with Gasteiger partial charge in [0.05, 0.1) is 11.0 Å². The van der Waals surface area contributed by atoms with Crippen LogP contribution < -0.4 is 10.6 Å². The Labute approximate surface area is 151 Å². The number of alkyl halides is 3. The summed E-state index contributed by atoms with van der Waals surface area (Å²) in [6.07, 6.45) is -1.20. The molecule has 11 heteroatoms. The van der Waals surface area contributed by atoms with Crippen molar-refractivity contribution in [2.24, 2.45) is 0 Å². The SMILES string of the molecule is O=[N+]([O-])c1cc(F)ccc1Nc1cc(C(F)(F)F)nc(NC2CCCC2)n1. The van der Waals surface area contributed by atoms with E-state index in [1.165, 1.54) is 0 Å². The minimum Gasteiger partial charge on any atom is -0.351 e. The maximum Gasteiger partial charge on any atom is 0.433 e. The van der Waals surface area contributed by atoms with Crippen molar-refractivity contribution in [1.82, 2.24) is 9.97 Å². The highest BCUT2D eigenvalue weighted by Crippen LogP contribution is 2.33. The van der Waals surface area contributed by atoms with E-state index < -0.39 is 28.3 Å². The van der Waals surface area contributed by atoms with Crippen molar-refractivity contribution in [2.45, 2.75) is 37.9 Å². The molecule has 7 nitrogen and oxygen atoms in total. The number of hydrogen-bond acceptors (Lipinski definition) is 6. The minimum atomic E-state index is -4.72. The van der Waals surface area contributed by atoms with Crippen LogP contribution in [0.5, 0.6) is 0 Å². The summed E-state index contributed by atoms with van der Waals surface area (Å²) >= 11 is 0. The summed E-state index contributed by atoms with van der Waals surface area (Å²) in [5.41, 5.74) is -1.99. The first-order chi connectivity index (χ1) is 12.7. The summed E-state index contributed by atoms with van der Waals surface area (Å²) < 4.78 is 52.7. The highest BCUT2D eigenvalue weighted by Gasteiger charge is 2.34. The molecular weight excluding hydrogens is 370 g/mol. The minimum absolute atomic E-state index is 0.0264. The van der Waals surface area contributed by atoms with Crippen LogP contribution in [0.2, 0.25) is 0 Å². The molecule has 1 aliphatic rings. The molecule has 144 valence electrons. The van der Waals surface area contributed by atoms with E-state index >= 15 is 0 Å². The maximum atomic E-state index is 13.2. The number of halogens is 4. The van der Waals surface area contributed by atoms with E-state index in [2.05, 4.69) is 20.6 Å². The fourth-order valence-corrected chi connectivity index (χ4v) is 2.87. The van der Waals surface area contributed by atoms with Gasteiger partial charge in [-0.05, 0) is 25.0 Å². The summed E-state index contributed by atoms with van der Waals surface area (Å²) in [5.74, 6) is -1.34. The highest BCUT2D eigenvalue weighted by atomic mass is 19.4. The molecule has 1 aromatic carbocycles. The van der Waals surface area contributed by atoms with E-state index in [9.17, 15) is 27.7 Å². The lowest BCUT2D eigenvalue weighted by molar-refractivity contribution is -0.384. The summed E-state index contributed by atoms with van der Waals surface area (Å²) in [7, 11) is 0. The van der Waals surface area contributed by atoms with Gasteiger partial charge in [-0.25, -0.2) is 9.37 Å². The summed E-state index contributed by atoms with van der Waals surface area (Å²) in [5, 5.41) is 16.4. The third kappa shape index (κ3) is 4.60. The van der Waals surface area contributed by atoms with Gasteiger partial charge in [0, 0.05) is 12.1 Å². The molecule has 1 saturated carbocycles. The second-order valence-corrected chi connectivity index (χ2v) is 6.13. The largest absolute Gasteiger partial charge is 0.433 e.